The summed E-state index contributed by atoms with van der Waals surface area (Å²) in [4.78, 5) is 25.4. The number of esters is 1. The van der Waals surface area contributed by atoms with Gasteiger partial charge >= 0.3 is 5.97 Å². The van der Waals surface area contributed by atoms with E-state index in [1.807, 2.05) is 6.92 Å². The van der Waals surface area contributed by atoms with Gasteiger partial charge in [0.05, 0.1) is 31.2 Å². The van der Waals surface area contributed by atoms with E-state index in [0.29, 0.717) is 23.7 Å². The molecule has 1 aromatic heterocycles. The van der Waals surface area contributed by atoms with Crippen LogP contribution in [0.25, 0.3) is 22.0 Å². The minimum atomic E-state index is -0.674. The predicted molar refractivity (Wildman–Crippen MR) is 113 cm³/mol. The first-order valence-corrected chi connectivity index (χ1v) is 9.78. The van der Waals surface area contributed by atoms with Crippen molar-refractivity contribution in [2.45, 2.75) is 26.8 Å². The summed E-state index contributed by atoms with van der Waals surface area (Å²) in [6.45, 7) is 4.09. The van der Waals surface area contributed by atoms with E-state index < -0.39 is 17.2 Å². The molecule has 0 N–H and O–H groups in total. The van der Waals surface area contributed by atoms with E-state index in [0.717, 1.165) is 6.42 Å². The Kier molecular flexibility index (Phi) is 6.72. The number of aromatic nitrogens is 1. The van der Waals surface area contributed by atoms with Gasteiger partial charge in [-0.25, -0.2) is 4.39 Å². The summed E-state index contributed by atoms with van der Waals surface area (Å²) < 4.78 is 32.3. The van der Waals surface area contributed by atoms with E-state index in [4.69, 9.17) is 14.2 Å². The third-order valence-electron chi connectivity index (χ3n) is 4.60. The van der Waals surface area contributed by atoms with Crippen LogP contribution in [0.1, 0.15) is 20.3 Å². The number of rotatable bonds is 8. The molecule has 0 aliphatic carbocycles. The summed E-state index contributed by atoms with van der Waals surface area (Å²) >= 11 is 0. The average Bonchev–Trinajstić information content (AvgIpc) is 2.75. The zero-order chi connectivity index (χ0) is 21.7. The van der Waals surface area contributed by atoms with Gasteiger partial charge in [0.15, 0.2) is 5.43 Å². The first-order chi connectivity index (χ1) is 14.5. The molecule has 1 heterocycles. The number of methoxy groups -OCH3 is 1. The lowest BCUT2D eigenvalue weighted by Crippen LogP contribution is -2.19. The fourth-order valence-electron chi connectivity index (χ4n) is 3.24. The van der Waals surface area contributed by atoms with E-state index >= 15 is 0 Å². The van der Waals surface area contributed by atoms with Gasteiger partial charge < -0.3 is 18.8 Å². The zero-order valence-corrected chi connectivity index (χ0v) is 17.2. The second-order valence-corrected chi connectivity index (χ2v) is 6.65. The fraction of sp³-hybridized carbons (Fsp3) is 0.304. The summed E-state index contributed by atoms with van der Waals surface area (Å²) in [5, 5.41) is -0.124. The SMILES string of the molecule is CCCOc1ccc(F)c2c(=O)c(-c3ccc(OC)cc3)cn(CC(=O)OCC)c12. The first kappa shape index (κ1) is 21.4. The molecule has 6 nitrogen and oxygen atoms in total. The standard InChI is InChI=1S/C23H24FNO5/c1-4-12-30-19-11-10-18(24)21-22(19)25(14-20(26)29-5-2)13-17(23(21)27)15-6-8-16(28-3)9-7-15/h6-11,13H,4-5,12,14H2,1-3H3. The van der Waals surface area contributed by atoms with Crippen LogP contribution in [-0.2, 0) is 16.1 Å². The predicted octanol–water partition coefficient (Wildman–Crippen LogP) is 4.17. The van der Waals surface area contributed by atoms with Crippen LogP contribution in [-0.4, -0.2) is 30.9 Å². The van der Waals surface area contributed by atoms with Crippen molar-refractivity contribution < 1.29 is 23.4 Å². The van der Waals surface area contributed by atoms with E-state index in [1.165, 1.54) is 16.7 Å². The van der Waals surface area contributed by atoms with Crippen LogP contribution in [0.4, 0.5) is 4.39 Å². The molecule has 0 radical (unpaired) electrons. The molecule has 158 valence electrons. The molecule has 0 bridgehead atoms. The third-order valence-corrected chi connectivity index (χ3v) is 4.60. The molecule has 0 aliphatic rings. The number of fused-ring (bicyclic) bond motifs is 1. The maximum atomic E-state index is 14.8. The maximum Gasteiger partial charge on any atom is 0.325 e. The van der Waals surface area contributed by atoms with Gasteiger partial charge in [0.1, 0.15) is 23.9 Å². The van der Waals surface area contributed by atoms with Crippen molar-refractivity contribution >= 4 is 16.9 Å². The maximum absolute atomic E-state index is 14.8. The monoisotopic (exact) mass is 413 g/mol. The van der Waals surface area contributed by atoms with Crippen LogP contribution in [0.15, 0.2) is 47.4 Å². The zero-order valence-electron chi connectivity index (χ0n) is 17.2. The van der Waals surface area contributed by atoms with Gasteiger partial charge in [-0.15, -0.1) is 0 Å². The van der Waals surface area contributed by atoms with Crippen molar-refractivity contribution in [3.63, 3.8) is 0 Å². The first-order valence-electron chi connectivity index (χ1n) is 9.78. The Bertz CT molecular complexity index is 1110. The minimum absolute atomic E-state index is 0.124. The number of pyridine rings is 1. The lowest BCUT2D eigenvalue weighted by atomic mass is 10.0. The normalized spacial score (nSPS) is 10.8. The van der Waals surface area contributed by atoms with Crippen LogP contribution in [0.3, 0.4) is 0 Å². The van der Waals surface area contributed by atoms with Gasteiger partial charge in [0.2, 0.25) is 0 Å². The molecule has 0 aliphatic heterocycles. The van der Waals surface area contributed by atoms with Crippen molar-refractivity contribution in [2.24, 2.45) is 0 Å². The van der Waals surface area contributed by atoms with Crippen LogP contribution in [0.2, 0.25) is 0 Å². The Morgan fingerprint density at radius 2 is 1.83 bits per heavy atom. The number of halogens is 1. The number of carbonyl (C=O) groups excluding carboxylic acids is 1. The van der Waals surface area contributed by atoms with E-state index in [2.05, 4.69) is 0 Å². The van der Waals surface area contributed by atoms with E-state index in [-0.39, 0.29) is 29.6 Å². The van der Waals surface area contributed by atoms with Gasteiger partial charge in [-0.2, -0.15) is 0 Å². The molecule has 0 fully saturated rings. The molecular formula is C23H24FNO5. The van der Waals surface area contributed by atoms with Gasteiger partial charge in [0, 0.05) is 11.8 Å². The largest absolute Gasteiger partial charge is 0.497 e. The molecule has 0 saturated heterocycles. The Morgan fingerprint density at radius 1 is 1.10 bits per heavy atom. The van der Waals surface area contributed by atoms with Crippen molar-refractivity contribution in [3.8, 4) is 22.6 Å². The van der Waals surface area contributed by atoms with Crippen LogP contribution < -0.4 is 14.9 Å². The molecule has 30 heavy (non-hydrogen) atoms. The van der Waals surface area contributed by atoms with Gasteiger partial charge in [0.25, 0.3) is 0 Å². The number of carbonyl (C=O) groups is 1. The molecule has 0 unspecified atom stereocenters. The number of hydrogen-bond donors (Lipinski definition) is 0. The van der Waals surface area contributed by atoms with Gasteiger partial charge in [-0.05, 0) is 43.2 Å². The fourth-order valence-corrected chi connectivity index (χ4v) is 3.24. The molecular weight excluding hydrogens is 389 g/mol. The summed E-state index contributed by atoms with van der Waals surface area (Å²) in [6.07, 6.45) is 2.28. The molecule has 0 atom stereocenters. The van der Waals surface area contributed by atoms with Crippen molar-refractivity contribution in [1.29, 1.82) is 0 Å². The number of ether oxygens (including phenoxy) is 3. The molecule has 0 amide bonds. The average molecular weight is 413 g/mol. The topological polar surface area (TPSA) is 66.8 Å². The lowest BCUT2D eigenvalue weighted by Gasteiger charge is -2.17. The summed E-state index contributed by atoms with van der Waals surface area (Å²) in [5.74, 6) is -0.190. The molecule has 3 aromatic rings. The Labute approximate surface area is 173 Å². The molecule has 0 saturated carbocycles. The summed E-state index contributed by atoms with van der Waals surface area (Å²) in [6, 6.07) is 9.54. The Balaban J connectivity index is 2.28. The Morgan fingerprint density at radius 3 is 2.47 bits per heavy atom. The second-order valence-electron chi connectivity index (χ2n) is 6.65. The van der Waals surface area contributed by atoms with Gasteiger partial charge in [-0.1, -0.05) is 19.1 Å². The van der Waals surface area contributed by atoms with Crippen LogP contribution in [0.5, 0.6) is 11.5 Å². The highest BCUT2D eigenvalue weighted by molar-refractivity contribution is 5.90. The number of hydrogen-bond acceptors (Lipinski definition) is 5. The van der Waals surface area contributed by atoms with Crippen molar-refractivity contribution in [2.75, 3.05) is 20.3 Å². The minimum Gasteiger partial charge on any atom is -0.497 e. The quantitative estimate of drug-likeness (QED) is 0.519. The van der Waals surface area contributed by atoms with Crippen LogP contribution >= 0.6 is 0 Å². The van der Waals surface area contributed by atoms with E-state index in [1.54, 1.807) is 44.5 Å². The van der Waals surface area contributed by atoms with Crippen LogP contribution in [0, 0.1) is 5.82 Å². The highest BCUT2D eigenvalue weighted by Gasteiger charge is 2.20. The highest BCUT2D eigenvalue weighted by atomic mass is 19.1. The second kappa shape index (κ2) is 9.43. The third kappa shape index (κ3) is 4.30. The lowest BCUT2D eigenvalue weighted by molar-refractivity contribution is -0.143. The summed E-state index contributed by atoms with van der Waals surface area (Å²) in [7, 11) is 1.55. The smallest absolute Gasteiger partial charge is 0.325 e. The number of benzene rings is 2. The molecule has 7 heteroatoms. The van der Waals surface area contributed by atoms with Crippen molar-refractivity contribution in [3.05, 3.63) is 58.6 Å². The Hall–Kier alpha value is -3.35. The van der Waals surface area contributed by atoms with Crippen molar-refractivity contribution in [1.82, 2.24) is 4.57 Å². The summed E-state index contributed by atoms with van der Waals surface area (Å²) in [5.41, 5.74) is 0.606. The number of nitrogens with zero attached hydrogens (tertiary/aromatic N) is 1. The highest BCUT2D eigenvalue weighted by Crippen LogP contribution is 2.30. The van der Waals surface area contributed by atoms with E-state index in [9.17, 15) is 14.0 Å². The molecule has 0 spiro atoms. The van der Waals surface area contributed by atoms with Gasteiger partial charge in [-0.3, -0.25) is 9.59 Å². The molecule has 2 aromatic carbocycles. The molecule has 3 rings (SSSR count).